The topological polar surface area (TPSA) is 29.3 Å². The van der Waals surface area contributed by atoms with Crippen LogP contribution in [0.15, 0.2) is 22.7 Å². The fraction of sp³-hybridized carbons (Fsp3) is 0.538. The number of halogens is 1. The van der Waals surface area contributed by atoms with Gasteiger partial charge in [0.05, 0.1) is 0 Å². The highest BCUT2D eigenvalue weighted by Crippen LogP contribution is 2.35. The molecule has 0 spiro atoms. The first-order valence-electron chi connectivity index (χ1n) is 5.82. The van der Waals surface area contributed by atoms with Gasteiger partial charge in [0.2, 0.25) is 0 Å². The minimum absolute atomic E-state index is 0.674. The van der Waals surface area contributed by atoms with E-state index in [0.717, 1.165) is 22.6 Å². The van der Waals surface area contributed by atoms with Crippen molar-refractivity contribution in [3.05, 3.63) is 28.2 Å². The zero-order valence-electron chi connectivity index (χ0n) is 9.91. The number of hydrogen-bond acceptors (Lipinski definition) is 2. The Morgan fingerprint density at radius 1 is 1.50 bits per heavy atom. The van der Waals surface area contributed by atoms with Gasteiger partial charge in [0, 0.05) is 22.7 Å². The number of anilines is 1. The number of rotatable bonds is 4. The van der Waals surface area contributed by atoms with Gasteiger partial charge in [-0.15, -0.1) is 0 Å². The average Bonchev–Trinajstić information content (AvgIpc) is 3.06. The van der Waals surface area contributed by atoms with Crippen molar-refractivity contribution in [1.82, 2.24) is 4.90 Å². The lowest BCUT2D eigenvalue weighted by atomic mass is 10.1. The van der Waals surface area contributed by atoms with Crippen LogP contribution in [-0.4, -0.2) is 18.0 Å². The number of nitrogens with zero attached hydrogens (tertiary/aromatic N) is 1. The van der Waals surface area contributed by atoms with E-state index in [2.05, 4.69) is 40.9 Å². The second-order valence-electron chi connectivity index (χ2n) is 4.84. The summed E-state index contributed by atoms with van der Waals surface area (Å²) in [6, 6.07) is 6.69. The van der Waals surface area contributed by atoms with Gasteiger partial charge in [0.1, 0.15) is 0 Å². The molecule has 1 aromatic rings. The number of benzene rings is 1. The molecule has 2 rings (SSSR count). The van der Waals surface area contributed by atoms with E-state index in [1.165, 1.54) is 18.4 Å². The first-order valence-corrected chi connectivity index (χ1v) is 6.61. The average molecular weight is 283 g/mol. The SMILES string of the molecule is CC(C1CC1)N(C)Cc1cc(N)ccc1Br. The Labute approximate surface area is 106 Å². The number of nitrogens with two attached hydrogens (primary N) is 1. The van der Waals surface area contributed by atoms with Gasteiger partial charge in [0.25, 0.3) is 0 Å². The second-order valence-corrected chi connectivity index (χ2v) is 5.70. The molecule has 3 heteroatoms. The van der Waals surface area contributed by atoms with Gasteiger partial charge in [0.15, 0.2) is 0 Å². The lowest BCUT2D eigenvalue weighted by Crippen LogP contribution is -2.30. The highest BCUT2D eigenvalue weighted by molar-refractivity contribution is 9.10. The molecule has 1 aliphatic rings. The van der Waals surface area contributed by atoms with Crippen LogP contribution in [-0.2, 0) is 6.54 Å². The first kappa shape index (κ1) is 11.9. The Kier molecular flexibility index (Phi) is 3.55. The monoisotopic (exact) mass is 282 g/mol. The molecule has 0 heterocycles. The summed E-state index contributed by atoms with van der Waals surface area (Å²) in [5.74, 6) is 0.907. The van der Waals surface area contributed by atoms with Gasteiger partial charge in [-0.1, -0.05) is 15.9 Å². The molecule has 0 aromatic heterocycles. The van der Waals surface area contributed by atoms with Gasteiger partial charge in [-0.25, -0.2) is 0 Å². The summed E-state index contributed by atoms with van der Waals surface area (Å²) in [6.07, 6.45) is 2.78. The molecule has 0 radical (unpaired) electrons. The van der Waals surface area contributed by atoms with E-state index in [0.29, 0.717) is 6.04 Å². The molecule has 1 fully saturated rings. The molecule has 1 atom stereocenters. The Morgan fingerprint density at radius 3 is 2.81 bits per heavy atom. The molecular weight excluding hydrogens is 264 g/mol. The Balaban J connectivity index is 2.04. The summed E-state index contributed by atoms with van der Waals surface area (Å²) < 4.78 is 1.15. The van der Waals surface area contributed by atoms with Crippen LogP contribution in [0.1, 0.15) is 25.3 Å². The molecule has 88 valence electrons. The van der Waals surface area contributed by atoms with Crippen LogP contribution >= 0.6 is 15.9 Å². The zero-order valence-corrected chi connectivity index (χ0v) is 11.5. The van der Waals surface area contributed by atoms with Gasteiger partial charge < -0.3 is 5.73 Å². The van der Waals surface area contributed by atoms with Crippen LogP contribution in [0.4, 0.5) is 5.69 Å². The Morgan fingerprint density at radius 2 is 2.19 bits per heavy atom. The van der Waals surface area contributed by atoms with Gasteiger partial charge in [-0.2, -0.15) is 0 Å². The van der Waals surface area contributed by atoms with Crippen molar-refractivity contribution < 1.29 is 0 Å². The van der Waals surface area contributed by atoms with E-state index in [-0.39, 0.29) is 0 Å². The molecule has 0 bridgehead atoms. The third-order valence-corrected chi connectivity index (χ3v) is 4.26. The summed E-state index contributed by atoms with van der Waals surface area (Å²) in [4.78, 5) is 2.41. The maximum Gasteiger partial charge on any atom is 0.0318 e. The number of hydrogen-bond donors (Lipinski definition) is 1. The third-order valence-electron chi connectivity index (χ3n) is 3.49. The predicted molar refractivity (Wildman–Crippen MR) is 72.2 cm³/mol. The molecule has 1 aliphatic carbocycles. The van der Waals surface area contributed by atoms with Crippen molar-refractivity contribution in [2.75, 3.05) is 12.8 Å². The summed E-state index contributed by atoms with van der Waals surface area (Å²) in [6.45, 7) is 3.28. The lowest BCUT2D eigenvalue weighted by Gasteiger charge is -2.25. The maximum absolute atomic E-state index is 5.81. The molecule has 1 unspecified atom stereocenters. The van der Waals surface area contributed by atoms with E-state index >= 15 is 0 Å². The zero-order chi connectivity index (χ0) is 11.7. The molecule has 0 aliphatic heterocycles. The Bertz CT molecular complexity index is 374. The summed E-state index contributed by atoms with van der Waals surface area (Å²) in [5, 5.41) is 0. The van der Waals surface area contributed by atoms with Crippen LogP contribution < -0.4 is 5.73 Å². The fourth-order valence-corrected chi connectivity index (χ4v) is 2.44. The highest BCUT2D eigenvalue weighted by Gasteiger charge is 2.30. The smallest absolute Gasteiger partial charge is 0.0318 e. The van der Waals surface area contributed by atoms with Crippen molar-refractivity contribution >= 4 is 21.6 Å². The van der Waals surface area contributed by atoms with E-state index < -0.39 is 0 Å². The van der Waals surface area contributed by atoms with Crippen molar-refractivity contribution in [3.8, 4) is 0 Å². The molecule has 0 amide bonds. The highest BCUT2D eigenvalue weighted by atomic mass is 79.9. The molecule has 16 heavy (non-hydrogen) atoms. The van der Waals surface area contributed by atoms with Gasteiger partial charge in [-0.3, -0.25) is 4.90 Å². The van der Waals surface area contributed by atoms with Crippen LogP contribution in [0.2, 0.25) is 0 Å². The van der Waals surface area contributed by atoms with Crippen molar-refractivity contribution in [3.63, 3.8) is 0 Å². The lowest BCUT2D eigenvalue weighted by molar-refractivity contribution is 0.226. The summed E-state index contributed by atoms with van der Waals surface area (Å²) in [7, 11) is 2.19. The molecule has 0 saturated heterocycles. The third kappa shape index (κ3) is 2.77. The van der Waals surface area contributed by atoms with E-state index in [4.69, 9.17) is 5.73 Å². The van der Waals surface area contributed by atoms with Crippen molar-refractivity contribution in [1.29, 1.82) is 0 Å². The van der Waals surface area contributed by atoms with Gasteiger partial charge >= 0.3 is 0 Å². The van der Waals surface area contributed by atoms with E-state index in [1.807, 2.05) is 12.1 Å². The minimum atomic E-state index is 0.674. The van der Waals surface area contributed by atoms with Crippen LogP contribution in [0, 0.1) is 5.92 Å². The first-order chi connectivity index (χ1) is 7.58. The predicted octanol–water partition coefficient (Wildman–Crippen LogP) is 3.26. The summed E-state index contributed by atoms with van der Waals surface area (Å²) >= 11 is 3.58. The van der Waals surface area contributed by atoms with Crippen LogP contribution in [0.3, 0.4) is 0 Å². The molecular formula is C13H19BrN2. The molecule has 1 saturated carbocycles. The number of nitrogen functional groups attached to an aromatic ring is 1. The molecule has 2 nitrogen and oxygen atoms in total. The molecule has 2 N–H and O–H groups in total. The normalized spacial score (nSPS) is 17.8. The quantitative estimate of drug-likeness (QED) is 0.859. The minimum Gasteiger partial charge on any atom is -0.399 e. The van der Waals surface area contributed by atoms with E-state index in [9.17, 15) is 0 Å². The van der Waals surface area contributed by atoms with Crippen molar-refractivity contribution in [2.24, 2.45) is 5.92 Å². The second kappa shape index (κ2) is 4.76. The maximum atomic E-state index is 5.81. The standard InChI is InChI=1S/C13H19BrN2/c1-9(10-3-4-10)16(2)8-11-7-12(15)5-6-13(11)14/h5-7,9-10H,3-4,8,15H2,1-2H3. The largest absolute Gasteiger partial charge is 0.399 e. The fourth-order valence-electron chi connectivity index (χ4n) is 2.07. The van der Waals surface area contributed by atoms with Crippen LogP contribution in [0.5, 0.6) is 0 Å². The van der Waals surface area contributed by atoms with Crippen LogP contribution in [0.25, 0.3) is 0 Å². The van der Waals surface area contributed by atoms with Crippen molar-refractivity contribution in [2.45, 2.75) is 32.4 Å². The van der Waals surface area contributed by atoms with Gasteiger partial charge in [-0.05, 0) is 56.5 Å². The molecule has 1 aromatic carbocycles. The van der Waals surface area contributed by atoms with E-state index in [1.54, 1.807) is 0 Å². The Hall–Kier alpha value is -0.540. The summed E-state index contributed by atoms with van der Waals surface area (Å²) in [5.41, 5.74) is 7.92.